The Labute approximate surface area is 192 Å². The molecule has 33 heavy (non-hydrogen) atoms. The molecule has 170 valence electrons. The normalized spacial score (nSPS) is 14.3. The fraction of sp³-hybridized carbons (Fsp3) is 0.231. The van der Waals surface area contributed by atoms with Gasteiger partial charge in [-0.1, -0.05) is 42.5 Å². The molecule has 0 bridgehead atoms. The molecule has 0 unspecified atom stereocenters. The topological polar surface area (TPSA) is 77.1 Å². The number of amides is 2. The molecular formula is C26H26N2O5. The SMILES string of the molecule is CCN(C[C@H]1COc2ccccc2O1)C(=O)COc1ccccc1C(=O)Nc1ccccc1. The molecule has 0 saturated heterocycles. The Morgan fingerprint density at radius 1 is 0.970 bits per heavy atom. The number of hydrogen-bond acceptors (Lipinski definition) is 5. The molecule has 0 aromatic heterocycles. The van der Waals surface area contributed by atoms with Gasteiger partial charge in [-0.05, 0) is 43.3 Å². The van der Waals surface area contributed by atoms with E-state index in [-0.39, 0.29) is 24.5 Å². The lowest BCUT2D eigenvalue weighted by atomic mass is 10.2. The Morgan fingerprint density at radius 2 is 1.67 bits per heavy atom. The summed E-state index contributed by atoms with van der Waals surface area (Å²) in [5.41, 5.74) is 1.04. The molecule has 7 nitrogen and oxygen atoms in total. The lowest BCUT2D eigenvalue weighted by molar-refractivity contribution is -0.134. The van der Waals surface area contributed by atoms with Gasteiger partial charge in [0.2, 0.25) is 0 Å². The number of fused-ring (bicyclic) bond motifs is 1. The van der Waals surface area contributed by atoms with E-state index >= 15 is 0 Å². The minimum absolute atomic E-state index is 0.187. The van der Waals surface area contributed by atoms with Crippen molar-refractivity contribution in [1.82, 2.24) is 4.90 Å². The number of nitrogens with one attached hydrogen (secondary N) is 1. The molecule has 3 aromatic carbocycles. The van der Waals surface area contributed by atoms with Gasteiger partial charge >= 0.3 is 0 Å². The standard InChI is InChI=1S/C26H26N2O5/c1-2-28(16-20-17-31-23-14-8-9-15-24(23)33-20)25(29)18-32-22-13-7-6-12-21(22)26(30)27-19-10-4-3-5-11-19/h3-15,20H,2,16-18H2,1H3,(H,27,30)/t20-/m0/s1. The maximum atomic E-state index is 12.8. The van der Waals surface area contributed by atoms with E-state index in [2.05, 4.69) is 5.32 Å². The summed E-state index contributed by atoms with van der Waals surface area (Å²) in [4.78, 5) is 27.2. The van der Waals surface area contributed by atoms with E-state index in [0.29, 0.717) is 48.2 Å². The maximum absolute atomic E-state index is 12.8. The highest BCUT2D eigenvalue weighted by Crippen LogP contribution is 2.31. The monoisotopic (exact) mass is 446 g/mol. The van der Waals surface area contributed by atoms with Crippen LogP contribution < -0.4 is 19.5 Å². The number of para-hydroxylation sites is 4. The molecule has 7 heteroatoms. The fourth-order valence-electron chi connectivity index (χ4n) is 3.54. The summed E-state index contributed by atoms with van der Waals surface area (Å²) in [6.45, 7) is 2.96. The van der Waals surface area contributed by atoms with Gasteiger partial charge < -0.3 is 24.4 Å². The van der Waals surface area contributed by atoms with Crippen molar-refractivity contribution in [3.8, 4) is 17.2 Å². The summed E-state index contributed by atoms with van der Waals surface area (Å²) in [5.74, 6) is 1.23. The van der Waals surface area contributed by atoms with Gasteiger partial charge in [0, 0.05) is 12.2 Å². The van der Waals surface area contributed by atoms with Gasteiger partial charge in [0.25, 0.3) is 11.8 Å². The number of carbonyl (C=O) groups is 2. The minimum Gasteiger partial charge on any atom is -0.486 e. The summed E-state index contributed by atoms with van der Waals surface area (Å²) >= 11 is 0. The van der Waals surface area contributed by atoms with Crippen LogP contribution in [0.1, 0.15) is 17.3 Å². The molecule has 0 fully saturated rings. The molecule has 1 aliphatic heterocycles. The van der Waals surface area contributed by atoms with E-state index in [1.54, 1.807) is 41.3 Å². The highest BCUT2D eigenvalue weighted by atomic mass is 16.6. The summed E-state index contributed by atoms with van der Waals surface area (Å²) in [6.07, 6.45) is -0.271. The summed E-state index contributed by atoms with van der Waals surface area (Å²) in [5, 5.41) is 2.84. The summed E-state index contributed by atoms with van der Waals surface area (Å²) in [7, 11) is 0. The Balaban J connectivity index is 1.35. The van der Waals surface area contributed by atoms with Crippen molar-refractivity contribution >= 4 is 17.5 Å². The molecule has 0 aliphatic carbocycles. The molecule has 4 rings (SSSR count). The second-order valence-corrected chi connectivity index (χ2v) is 7.53. The lowest BCUT2D eigenvalue weighted by Gasteiger charge is -2.30. The van der Waals surface area contributed by atoms with Gasteiger partial charge in [-0.15, -0.1) is 0 Å². The van der Waals surface area contributed by atoms with Gasteiger partial charge in [0.1, 0.15) is 12.4 Å². The molecule has 0 radical (unpaired) electrons. The zero-order valence-electron chi connectivity index (χ0n) is 18.4. The van der Waals surface area contributed by atoms with Crippen LogP contribution in [0.5, 0.6) is 17.2 Å². The van der Waals surface area contributed by atoms with Gasteiger partial charge in [0.15, 0.2) is 24.2 Å². The second kappa shape index (κ2) is 10.5. The predicted molar refractivity (Wildman–Crippen MR) is 125 cm³/mol. The van der Waals surface area contributed by atoms with Gasteiger partial charge in [-0.3, -0.25) is 9.59 Å². The van der Waals surface area contributed by atoms with Gasteiger partial charge in [-0.2, -0.15) is 0 Å². The minimum atomic E-state index is -0.303. The van der Waals surface area contributed by atoms with Gasteiger partial charge in [0.05, 0.1) is 12.1 Å². The molecule has 1 atom stereocenters. The van der Waals surface area contributed by atoms with E-state index < -0.39 is 0 Å². The quantitative estimate of drug-likeness (QED) is 0.566. The van der Waals surface area contributed by atoms with Crippen LogP contribution in [0.4, 0.5) is 5.69 Å². The highest BCUT2D eigenvalue weighted by molar-refractivity contribution is 6.06. The van der Waals surface area contributed by atoms with Crippen LogP contribution in [0.15, 0.2) is 78.9 Å². The molecule has 0 spiro atoms. The van der Waals surface area contributed by atoms with Crippen molar-refractivity contribution in [3.05, 3.63) is 84.4 Å². The highest BCUT2D eigenvalue weighted by Gasteiger charge is 2.25. The van der Waals surface area contributed by atoms with Crippen molar-refractivity contribution in [2.75, 3.05) is 31.6 Å². The van der Waals surface area contributed by atoms with Crippen LogP contribution in [-0.4, -0.2) is 49.1 Å². The predicted octanol–water partition coefficient (Wildman–Crippen LogP) is 4.01. The summed E-state index contributed by atoms with van der Waals surface area (Å²) in [6, 6.07) is 23.5. The van der Waals surface area contributed by atoms with Crippen molar-refractivity contribution in [2.24, 2.45) is 0 Å². The zero-order chi connectivity index (χ0) is 23.0. The fourth-order valence-corrected chi connectivity index (χ4v) is 3.54. The third-order valence-electron chi connectivity index (χ3n) is 5.24. The van der Waals surface area contributed by atoms with Crippen LogP contribution in [0, 0.1) is 0 Å². The Bertz CT molecular complexity index is 1100. The van der Waals surface area contributed by atoms with Gasteiger partial charge in [-0.25, -0.2) is 0 Å². The van der Waals surface area contributed by atoms with Crippen LogP contribution >= 0.6 is 0 Å². The van der Waals surface area contributed by atoms with Crippen molar-refractivity contribution in [2.45, 2.75) is 13.0 Å². The smallest absolute Gasteiger partial charge is 0.260 e. The van der Waals surface area contributed by atoms with E-state index in [0.717, 1.165) is 0 Å². The summed E-state index contributed by atoms with van der Waals surface area (Å²) < 4.78 is 17.5. The average molecular weight is 447 g/mol. The number of ether oxygens (including phenoxy) is 3. The van der Waals surface area contributed by atoms with Crippen molar-refractivity contribution < 1.29 is 23.8 Å². The first-order chi connectivity index (χ1) is 16.1. The van der Waals surface area contributed by atoms with E-state index in [4.69, 9.17) is 14.2 Å². The van der Waals surface area contributed by atoms with Crippen molar-refractivity contribution in [1.29, 1.82) is 0 Å². The van der Waals surface area contributed by atoms with Crippen LogP contribution in [0.2, 0.25) is 0 Å². The molecule has 3 aromatic rings. The Morgan fingerprint density at radius 3 is 2.45 bits per heavy atom. The number of anilines is 1. The van der Waals surface area contributed by atoms with Crippen molar-refractivity contribution in [3.63, 3.8) is 0 Å². The molecule has 0 saturated carbocycles. The lowest BCUT2D eigenvalue weighted by Crippen LogP contribution is -2.45. The zero-order valence-corrected chi connectivity index (χ0v) is 18.4. The molecule has 2 amide bonds. The van der Waals surface area contributed by atoms with Crippen LogP contribution in [0.25, 0.3) is 0 Å². The first-order valence-electron chi connectivity index (χ1n) is 10.9. The molecular weight excluding hydrogens is 420 g/mol. The van der Waals surface area contributed by atoms with Crippen LogP contribution in [-0.2, 0) is 4.79 Å². The molecule has 1 N–H and O–H groups in total. The third-order valence-corrected chi connectivity index (χ3v) is 5.24. The Hall–Kier alpha value is -4.00. The third kappa shape index (κ3) is 5.63. The number of nitrogens with zero attached hydrogens (tertiary/aromatic N) is 1. The van der Waals surface area contributed by atoms with E-state index in [1.165, 1.54) is 0 Å². The number of likely N-dealkylation sites (N-methyl/N-ethyl adjacent to an activating group) is 1. The van der Waals surface area contributed by atoms with E-state index in [1.807, 2.05) is 49.4 Å². The van der Waals surface area contributed by atoms with E-state index in [9.17, 15) is 9.59 Å². The Kier molecular flexibility index (Phi) is 7.09. The first kappa shape index (κ1) is 22.2. The number of rotatable bonds is 8. The maximum Gasteiger partial charge on any atom is 0.260 e. The van der Waals surface area contributed by atoms with Crippen LogP contribution in [0.3, 0.4) is 0 Å². The largest absolute Gasteiger partial charge is 0.486 e. The molecule has 1 heterocycles. The molecule has 1 aliphatic rings. The second-order valence-electron chi connectivity index (χ2n) is 7.53. The number of hydrogen-bond donors (Lipinski definition) is 1. The average Bonchev–Trinajstić information content (AvgIpc) is 2.86. The number of benzene rings is 3. The first-order valence-corrected chi connectivity index (χ1v) is 10.9. The number of carbonyl (C=O) groups excluding carboxylic acids is 2.